The predicted molar refractivity (Wildman–Crippen MR) is 106 cm³/mol. The number of carbonyl (C=O) groups is 2. The number of hydrogen-bond donors (Lipinski definition) is 3. The number of nitrogens with one attached hydrogen (secondary N) is 3. The Morgan fingerprint density at radius 3 is 2.89 bits per heavy atom. The van der Waals surface area contributed by atoms with E-state index in [0.717, 1.165) is 49.3 Å². The Labute approximate surface area is 166 Å². The lowest BCUT2D eigenvalue weighted by Crippen LogP contribution is -2.57. The second kappa shape index (κ2) is 9.05. The third kappa shape index (κ3) is 4.38. The summed E-state index contributed by atoms with van der Waals surface area (Å²) in [5.41, 5.74) is 2.63. The van der Waals surface area contributed by atoms with Crippen molar-refractivity contribution in [1.82, 2.24) is 25.7 Å². The number of ether oxygens (including phenoxy) is 1. The summed E-state index contributed by atoms with van der Waals surface area (Å²) in [5.74, 6) is 0.100. The molecule has 0 bridgehead atoms. The Morgan fingerprint density at radius 2 is 2.18 bits per heavy atom. The van der Waals surface area contributed by atoms with Gasteiger partial charge in [0.15, 0.2) is 0 Å². The van der Waals surface area contributed by atoms with Gasteiger partial charge in [-0.25, -0.2) is 0 Å². The molecule has 2 fully saturated rings. The third-order valence-electron chi connectivity index (χ3n) is 6.22. The molecule has 8 heteroatoms. The lowest BCUT2D eigenvalue weighted by atomic mass is 9.84. The first-order valence-electron chi connectivity index (χ1n) is 10.3. The van der Waals surface area contributed by atoms with Crippen LogP contribution in [-0.2, 0) is 20.7 Å². The maximum atomic E-state index is 12.9. The van der Waals surface area contributed by atoms with Crippen LogP contribution in [0.4, 0.5) is 0 Å². The zero-order valence-corrected chi connectivity index (χ0v) is 17.3. The first kappa shape index (κ1) is 20.8. The fourth-order valence-corrected chi connectivity index (χ4v) is 4.52. The minimum Gasteiger partial charge on any atom is -0.383 e. The van der Waals surface area contributed by atoms with Gasteiger partial charge in [-0.2, -0.15) is 5.10 Å². The number of aryl methyl sites for hydroxylation is 2. The van der Waals surface area contributed by atoms with Crippen molar-refractivity contribution in [1.29, 1.82) is 0 Å². The maximum absolute atomic E-state index is 12.9. The molecule has 0 radical (unpaired) electrons. The van der Waals surface area contributed by atoms with E-state index in [2.05, 4.69) is 25.7 Å². The van der Waals surface area contributed by atoms with Crippen molar-refractivity contribution >= 4 is 11.8 Å². The van der Waals surface area contributed by atoms with E-state index in [1.165, 1.54) is 0 Å². The molecule has 1 aromatic rings. The van der Waals surface area contributed by atoms with Crippen LogP contribution in [0.2, 0.25) is 0 Å². The molecular weight excluding hydrogens is 358 g/mol. The largest absolute Gasteiger partial charge is 0.383 e. The Bertz CT molecular complexity index is 704. The molecule has 0 spiro atoms. The summed E-state index contributed by atoms with van der Waals surface area (Å²) in [4.78, 5) is 27.7. The van der Waals surface area contributed by atoms with Crippen LogP contribution >= 0.6 is 0 Å². The van der Waals surface area contributed by atoms with Crippen LogP contribution < -0.4 is 10.6 Å². The molecule has 1 aromatic heterocycles. The van der Waals surface area contributed by atoms with Crippen LogP contribution in [0.15, 0.2) is 0 Å². The fourth-order valence-electron chi connectivity index (χ4n) is 4.52. The van der Waals surface area contributed by atoms with E-state index in [1.54, 1.807) is 7.11 Å². The van der Waals surface area contributed by atoms with Gasteiger partial charge in [0, 0.05) is 44.8 Å². The molecule has 2 aliphatic heterocycles. The molecule has 2 aliphatic rings. The molecule has 8 nitrogen and oxygen atoms in total. The van der Waals surface area contributed by atoms with E-state index >= 15 is 0 Å². The monoisotopic (exact) mass is 391 g/mol. The van der Waals surface area contributed by atoms with Crippen LogP contribution in [0.25, 0.3) is 0 Å². The zero-order chi connectivity index (χ0) is 20.1. The van der Waals surface area contributed by atoms with Gasteiger partial charge in [-0.15, -0.1) is 0 Å². The van der Waals surface area contributed by atoms with Crippen molar-refractivity contribution in [3.05, 3.63) is 17.0 Å². The first-order valence-corrected chi connectivity index (χ1v) is 10.3. The second-order valence-corrected chi connectivity index (χ2v) is 8.07. The minimum atomic E-state index is -0.486. The van der Waals surface area contributed by atoms with Gasteiger partial charge in [-0.05, 0) is 51.6 Å². The van der Waals surface area contributed by atoms with Gasteiger partial charge < -0.3 is 15.4 Å². The molecule has 3 N–H and O–H groups in total. The van der Waals surface area contributed by atoms with Crippen molar-refractivity contribution in [3.63, 3.8) is 0 Å². The van der Waals surface area contributed by atoms with Gasteiger partial charge in [0.1, 0.15) is 5.54 Å². The molecule has 2 atom stereocenters. The number of hydrogen-bond acceptors (Lipinski definition) is 5. The molecule has 3 heterocycles. The lowest BCUT2D eigenvalue weighted by Gasteiger charge is -2.40. The summed E-state index contributed by atoms with van der Waals surface area (Å²) < 4.78 is 5.04. The van der Waals surface area contributed by atoms with Gasteiger partial charge in [0.25, 0.3) is 0 Å². The summed E-state index contributed by atoms with van der Waals surface area (Å²) >= 11 is 0. The summed E-state index contributed by atoms with van der Waals surface area (Å²) in [6.07, 6.45) is 4.72. The third-order valence-corrected chi connectivity index (χ3v) is 6.22. The average molecular weight is 392 g/mol. The van der Waals surface area contributed by atoms with Crippen molar-refractivity contribution in [2.75, 3.05) is 33.4 Å². The van der Waals surface area contributed by atoms with E-state index in [9.17, 15) is 9.59 Å². The van der Waals surface area contributed by atoms with Gasteiger partial charge in [0.05, 0.1) is 12.3 Å². The number of aromatic amines is 1. The predicted octanol–water partition coefficient (Wildman–Crippen LogP) is 0.835. The molecule has 156 valence electrons. The number of H-pyrrole nitrogens is 1. The smallest absolute Gasteiger partial charge is 0.240 e. The first-order chi connectivity index (χ1) is 13.5. The van der Waals surface area contributed by atoms with Crippen molar-refractivity contribution in [2.45, 2.75) is 64.0 Å². The molecule has 2 saturated heterocycles. The number of methoxy groups -OCH3 is 1. The molecule has 28 heavy (non-hydrogen) atoms. The molecule has 2 amide bonds. The summed E-state index contributed by atoms with van der Waals surface area (Å²) in [6, 6.07) is 0.0146. The number of amides is 2. The molecule has 0 aromatic carbocycles. The van der Waals surface area contributed by atoms with Crippen LogP contribution in [0.3, 0.4) is 0 Å². The van der Waals surface area contributed by atoms with Gasteiger partial charge >= 0.3 is 0 Å². The van der Waals surface area contributed by atoms with Crippen LogP contribution in [0, 0.1) is 13.8 Å². The standard InChI is InChI=1S/C20H33N5O3/c1-14-15(2)23-24-17(14)6-7-18(26)22-16-12-20(19(27)21-9-11-28-3)8-4-5-10-25(20)13-16/h16H,4-13H2,1-3H3,(H,21,27)(H,22,26)(H,23,24)/t16-,20-/m0/s1. The Kier molecular flexibility index (Phi) is 6.72. The maximum Gasteiger partial charge on any atom is 0.240 e. The van der Waals surface area contributed by atoms with Gasteiger partial charge in [-0.1, -0.05) is 0 Å². The van der Waals surface area contributed by atoms with E-state index in [0.29, 0.717) is 32.4 Å². The van der Waals surface area contributed by atoms with Crippen molar-refractivity contribution in [2.24, 2.45) is 0 Å². The van der Waals surface area contributed by atoms with Crippen molar-refractivity contribution < 1.29 is 14.3 Å². The zero-order valence-electron chi connectivity index (χ0n) is 17.3. The Morgan fingerprint density at radius 1 is 1.36 bits per heavy atom. The second-order valence-electron chi connectivity index (χ2n) is 8.07. The molecular formula is C20H33N5O3. The lowest BCUT2D eigenvalue weighted by molar-refractivity contribution is -0.134. The summed E-state index contributed by atoms with van der Waals surface area (Å²) in [6.45, 7) is 6.68. The van der Waals surface area contributed by atoms with E-state index in [1.807, 2.05) is 13.8 Å². The van der Waals surface area contributed by atoms with Crippen LogP contribution in [0.5, 0.6) is 0 Å². The SMILES string of the molecule is COCCNC(=O)[C@@]12CCCCN1C[C@@H](NC(=O)CCc1n[nH]c(C)c1C)C2. The minimum absolute atomic E-state index is 0.0146. The highest BCUT2D eigenvalue weighted by Crippen LogP contribution is 2.38. The average Bonchev–Trinajstić information content (AvgIpc) is 3.21. The van der Waals surface area contributed by atoms with Crippen molar-refractivity contribution in [3.8, 4) is 0 Å². The highest BCUT2D eigenvalue weighted by atomic mass is 16.5. The van der Waals surface area contributed by atoms with Crippen LogP contribution in [0.1, 0.15) is 49.1 Å². The van der Waals surface area contributed by atoms with Gasteiger partial charge in [0.2, 0.25) is 11.8 Å². The summed E-state index contributed by atoms with van der Waals surface area (Å²) in [7, 11) is 1.63. The Balaban J connectivity index is 1.55. The van der Waals surface area contributed by atoms with Crippen LogP contribution in [-0.4, -0.2) is 71.8 Å². The topological polar surface area (TPSA) is 99.3 Å². The van der Waals surface area contributed by atoms with E-state index < -0.39 is 5.54 Å². The Hall–Kier alpha value is -1.93. The normalized spacial score (nSPS) is 24.8. The number of rotatable bonds is 8. The number of fused-ring (bicyclic) bond motifs is 1. The highest BCUT2D eigenvalue weighted by Gasteiger charge is 2.51. The summed E-state index contributed by atoms with van der Waals surface area (Å²) in [5, 5.41) is 13.4. The van der Waals surface area contributed by atoms with Gasteiger partial charge in [-0.3, -0.25) is 19.6 Å². The molecule has 0 saturated carbocycles. The number of nitrogens with zero attached hydrogens (tertiary/aromatic N) is 2. The molecule has 3 rings (SSSR count). The molecule has 0 unspecified atom stereocenters. The van der Waals surface area contributed by atoms with E-state index in [4.69, 9.17) is 4.74 Å². The number of carbonyl (C=O) groups excluding carboxylic acids is 2. The number of piperidine rings is 1. The quantitative estimate of drug-likeness (QED) is 0.570. The number of aromatic nitrogens is 2. The van der Waals surface area contributed by atoms with E-state index in [-0.39, 0.29) is 17.9 Å². The molecule has 0 aliphatic carbocycles. The highest BCUT2D eigenvalue weighted by molar-refractivity contribution is 5.87. The fraction of sp³-hybridized carbons (Fsp3) is 0.750.